The van der Waals surface area contributed by atoms with Crippen molar-refractivity contribution in [1.29, 1.82) is 5.26 Å². The zero-order valence-corrected chi connectivity index (χ0v) is 16.0. The van der Waals surface area contributed by atoms with Crippen LogP contribution in [0.25, 0.3) is 0 Å². The summed E-state index contributed by atoms with van der Waals surface area (Å²) < 4.78 is 27.0. The number of sulfonamides is 1. The largest absolute Gasteiger partial charge is 0.279 e. The number of carbonyl (C=O) groups excluding carboxylic acids is 1. The van der Waals surface area contributed by atoms with Crippen molar-refractivity contribution >= 4 is 39.2 Å². The Kier molecular flexibility index (Phi) is 5.84. The second kappa shape index (κ2) is 8.47. The van der Waals surface area contributed by atoms with Crippen LogP contribution in [-0.2, 0) is 10.0 Å². The van der Waals surface area contributed by atoms with E-state index in [-0.39, 0.29) is 4.21 Å². The fourth-order valence-electron chi connectivity index (χ4n) is 2.19. The third-order valence-electron chi connectivity index (χ3n) is 3.58. The molecule has 0 spiro atoms. The van der Waals surface area contributed by atoms with Gasteiger partial charge in [0.25, 0.3) is 15.9 Å². The van der Waals surface area contributed by atoms with Gasteiger partial charge < -0.3 is 0 Å². The average molecular weight is 410 g/mol. The van der Waals surface area contributed by atoms with Gasteiger partial charge in [-0.1, -0.05) is 18.2 Å². The van der Waals surface area contributed by atoms with Gasteiger partial charge in [0.15, 0.2) is 0 Å². The summed E-state index contributed by atoms with van der Waals surface area (Å²) in [5, 5.41) is 14.3. The van der Waals surface area contributed by atoms with Crippen LogP contribution >= 0.6 is 11.3 Å². The number of anilines is 1. The quantitative estimate of drug-likeness (QED) is 0.480. The molecule has 9 heteroatoms. The van der Waals surface area contributed by atoms with E-state index >= 15 is 0 Å². The summed E-state index contributed by atoms with van der Waals surface area (Å²) in [6, 6.07) is 17.9. The van der Waals surface area contributed by atoms with Gasteiger partial charge in [-0.05, 0) is 53.4 Å². The number of thiophene rings is 1. The summed E-state index contributed by atoms with van der Waals surface area (Å²) in [4.78, 5) is 12.1. The number of rotatable bonds is 6. The molecule has 2 aromatic carbocycles. The van der Waals surface area contributed by atoms with Crippen LogP contribution < -0.4 is 10.1 Å². The number of nitrogens with one attached hydrogen (secondary N) is 2. The molecular weight excluding hydrogens is 396 g/mol. The van der Waals surface area contributed by atoms with Crippen LogP contribution in [0, 0.1) is 11.3 Å². The number of amides is 1. The van der Waals surface area contributed by atoms with Gasteiger partial charge in [-0.3, -0.25) is 9.52 Å². The first-order valence-corrected chi connectivity index (χ1v) is 10.3. The van der Waals surface area contributed by atoms with Crippen molar-refractivity contribution in [3.05, 3.63) is 82.7 Å². The summed E-state index contributed by atoms with van der Waals surface area (Å²) in [6.45, 7) is 0. The van der Waals surface area contributed by atoms with Crippen LogP contribution in [0.15, 0.2) is 75.4 Å². The maximum absolute atomic E-state index is 12.2. The van der Waals surface area contributed by atoms with Crippen molar-refractivity contribution in [2.75, 3.05) is 4.72 Å². The van der Waals surface area contributed by atoms with Crippen LogP contribution in [0.4, 0.5) is 5.69 Å². The minimum atomic E-state index is -3.63. The van der Waals surface area contributed by atoms with E-state index in [9.17, 15) is 13.2 Å². The molecule has 0 aliphatic heterocycles. The van der Waals surface area contributed by atoms with Crippen LogP contribution in [0.5, 0.6) is 0 Å². The van der Waals surface area contributed by atoms with Gasteiger partial charge in [-0.15, -0.1) is 11.3 Å². The molecule has 3 aromatic rings. The Labute approximate surface area is 166 Å². The lowest BCUT2D eigenvalue weighted by Gasteiger charge is -2.07. The fraction of sp³-hybridized carbons (Fsp3) is 0. The molecule has 1 heterocycles. The molecule has 0 fully saturated rings. The molecule has 0 radical (unpaired) electrons. The number of hydrogen-bond acceptors (Lipinski definition) is 6. The number of carbonyl (C=O) groups is 1. The summed E-state index contributed by atoms with van der Waals surface area (Å²) >= 11 is 1.12. The predicted molar refractivity (Wildman–Crippen MR) is 108 cm³/mol. The van der Waals surface area contributed by atoms with E-state index < -0.39 is 15.9 Å². The highest BCUT2D eigenvalue weighted by Gasteiger charge is 2.15. The molecule has 0 bridgehead atoms. The van der Waals surface area contributed by atoms with Crippen molar-refractivity contribution in [2.45, 2.75) is 4.21 Å². The molecule has 1 aromatic heterocycles. The molecule has 1 amide bonds. The summed E-state index contributed by atoms with van der Waals surface area (Å²) in [6.07, 6.45) is 1.46. The van der Waals surface area contributed by atoms with Crippen molar-refractivity contribution < 1.29 is 13.2 Å². The molecule has 0 atom stereocenters. The van der Waals surface area contributed by atoms with Crippen LogP contribution in [0.1, 0.15) is 21.5 Å². The SMILES string of the molecule is N#Cc1ccc(/C=N\NC(=O)c2ccc(NS(=O)(=O)c3cccs3)cc2)cc1. The van der Waals surface area contributed by atoms with E-state index in [2.05, 4.69) is 15.2 Å². The van der Waals surface area contributed by atoms with Gasteiger partial charge in [0.1, 0.15) is 4.21 Å². The van der Waals surface area contributed by atoms with Gasteiger partial charge in [-0.2, -0.15) is 10.4 Å². The van der Waals surface area contributed by atoms with E-state index in [1.54, 1.807) is 35.7 Å². The molecule has 0 saturated carbocycles. The molecule has 2 N–H and O–H groups in total. The molecular formula is C19H14N4O3S2. The van der Waals surface area contributed by atoms with Gasteiger partial charge in [-0.25, -0.2) is 13.8 Å². The highest BCUT2D eigenvalue weighted by molar-refractivity contribution is 7.94. The summed E-state index contributed by atoms with van der Waals surface area (Å²) in [5.41, 5.74) is 4.35. The average Bonchev–Trinajstić information content (AvgIpc) is 3.25. The highest BCUT2D eigenvalue weighted by Crippen LogP contribution is 2.20. The lowest BCUT2D eigenvalue weighted by molar-refractivity contribution is 0.0955. The summed E-state index contributed by atoms with van der Waals surface area (Å²) in [5.74, 6) is -0.433. The molecule has 7 nitrogen and oxygen atoms in total. The van der Waals surface area contributed by atoms with Crippen molar-refractivity contribution in [3.8, 4) is 6.07 Å². The van der Waals surface area contributed by atoms with E-state index in [4.69, 9.17) is 5.26 Å². The van der Waals surface area contributed by atoms with Crippen LogP contribution in [0.2, 0.25) is 0 Å². The van der Waals surface area contributed by atoms with Crippen molar-refractivity contribution in [3.63, 3.8) is 0 Å². The molecule has 28 heavy (non-hydrogen) atoms. The van der Waals surface area contributed by atoms with E-state index in [1.807, 2.05) is 6.07 Å². The Balaban J connectivity index is 1.60. The predicted octanol–water partition coefficient (Wildman–Crippen LogP) is 3.18. The Morgan fingerprint density at radius 2 is 1.79 bits per heavy atom. The molecule has 140 valence electrons. The second-order valence-corrected chi connectivity index (χ2v) is 8.40. The third kappa shape index (κ3) is 4.82. The standard InChI is InChI=1S/C19H14N4O3S2/c20-12-14-3-5-15(6-4-14)13-21-22-19(24)16-7-9-17(10-8-16)23-28(25,26)18-2-1-11-27-18/h1-11,13,23H,(H,22,24)/b21-13-. The fourth-order valence-corrected chi connectivity index (χ4v) is 4.24. The van der Waals surface area contributed by atoms with Crippen LogP contribution in [-0.4, -0.2) is 20.5 Å². The molecule has 0 unspecified atom stereocenters. The molecule has 0 aliphatic rings. The molecule has 3 rings (SSSR count). The first-order valence-electron chi connectivity index (χ1n) is 7.98. The van der Waals surface area contributed by atoms with Crippen molar-refractivity contribution in [1.82, 2.24) is 5.43 Å². The smallest absolute Gasteiger partial charge is 0.271 e. The number of benzene rings is 2. The Morgan fingerprint density at radius 1 is 1.07 bits per heavy atom. The van der Waals surface area contributed by atoms with E-state index in [0.29, 0.717) is 16.8 Å². The topological polar surface area (TPSA) is 111 Å². The van der Waals surface area contributed by atoms with E-state index in [0.717, 1.165) is 16.9 Å². The minimum Gasteiger partial charge on any atom is -0.279 e. The first-order chi connectivity index (χ1) is 13.5. The van der Waals surface area contributed by atoms with Crippen LogP contribution in [0.3, 0.4) is 0 Å². The lowest BCUT2D eigenvalue weighted by atomic mass is 10.2. The zero-order valence-electron chi connectivity index (χ0n) is 14.4. The number of hydrogen-bond donors (Lipinski definition) is 2. The Bertz CT molecular complexity index is 1130. The monoisotopic (exact) mass is 410 g/mol. The maximum Gasteiger partial charge on any atom is 0.271 e. The number of hydrazone groups is 1. The van der Waals surface area contributed by atoms with Gasteiger partial charge in [0, 0.05) is 11.3 Å². The molecule has 0 aliphatic carbocycles. The van der Waals surface area contributed by atoms with Gasteiger partial charge in [0.2, 0.25) is 0 Å². The second-order valence-electron chi connectivity index (χ2n) is 5.55. The normalized spacial score (nSPS) is 11.1. The van der Waals surface area contributed by atoms with E-state index in [1.165, 1.54) is 36.5 Å². The maximum atomic E-state index is 12.2. The number of nitriles is 1. The Morgan fingerprint density at radius 3 is 2.39 bits per heavy atom. The highest BCUT2D eigenvalue weighted by atomic mass is 32.2. The lowest BCUT2D eigenvalue weighted by Crippen LogP contribution is -2.17. The Hall–Kier alpha value is -3.48. The minimum absolute atomic E-state index is 0.214. The molecule has 0 saturated heterocycles. The number of nitrogens with zero attached hydrogens (tertiary/aromatic N) is 2. The first kappa shape index (κ1) is 19.3. The third-order valence-corrected chi connectivity index (χ3v) is 6.36. The zero-order chi connectivity index (χ0) is 20.0. The summed E-state index contributed by atoms with van der Waals surface area (Å²) in [7, 11) is -3.63. The van der Waals surface area contributed by atoms with Gasteiger partial charge in [0.05, 0.1) is 17.8 Å². The van der Waals surface area contributed by atoms with Gasteiger partial charge >= 0.3 is 0 Å². The van der Waals surface area contributed by atoms with Crippen molar-refractivity contribution in [2.24, 2.45) is 5.10 Å².